The molecule has 0 bridgehead atoms. The summed E-state index contributed by atoms with van der Waals surface area (Å²) in [5, 5.41) is 16.6. The molecule has 1 saturated heterocycles. The zero-order valence-electron chi connectivity index (χ0n) is 11.1. The Hall–Kier alpha value is 0.660. The second kappa shape index (κ2) is 10.4. The highest BCUT2D eigenvalue weighted by molar-refractivity contribution is 14.0. The van der Waals surface area contributed by atoms with Crippen molar-refractivity contribution in [3.8, 4) is 0 Å². The number of halogens is 1. The molecule has 7 heteroatoms. The normalized spacial score (nSPS) is 23.6. The van der Waals surface area contributed by atoms with Gasteiger partial charge in [0.25, 0.3) is 0 Å². The van der Waals surface area contributed by atoms with E-state index in [0.29, 0.717) is 6.54 Å². The lowest BCUT2D eigenvalue weighted by Gasteiger charge is -2.19. The Labute approximate surface area is 136 Å². The van der Waals surface area contributed by atoms with E-state index in [2.05, 4.69) is 21.9 Å². The summed E-state index contributed by atoms with van der Waals surface area (Å²) in [6.07, 6.45) is 2.94. The SMILES string of the molecule is CCNC(=NCC1(O)CCSC1)NCCSC.I. The summed E-state index contributed by atoms with van der Waals surface area (Å²) in [6.45, 7) is 4.29. The largest absolute Gasteiger partial charge is 0.387 e. The number of rotatable bonds is 6. The molecule has 1 aliphatic rings. The topological polar surface area (TPSA) is 56.7 Å². The molecule has 0 aromatic carbocycles. The van der Waals surface area contributed by atoms with Crippen LogP contribution in [0.2, 0.25) is 0 Å². The molecule has 0 aliphatic carbocycles. The zero-order valence-corrected chi connectivity index (χ0v) is 15.0. The predicted octanol–water partition coefficient (Wildman–Crippen LogP) is 1.39. The first kappa shape index (κ1) is 18.7. The van der Waals surface area contributed by atoms with E-state index in [-0.39, 0.29) is 24.0 Å². The third-order valence-corrected chi connectivity index (χ3v) is 4.40. The standard InChI is InChI=1S/C11H23N3OS2.HI/c1-3-12-10(13-5-7-16-2)14-8-11(15)4-6-17-9-11;/h15H,3-9H2,1-2H3,(H2,12,13,14);1H. The summed E-state index contributed by atoms with van der Waals surface area (Å²) >= 11 is 3.61. The van der Waals surface area contributed by atoms with E-state index < -0.39 is 5.60 Å². The lowest BCUT2D eigenvalue weighted by atomic mass is 10.1. The van der Waals surface area contributed by atoms with Crippen molar-refractivity contribution in [2.45, 2.75) is 18.9 Å². The average Bonchev–Trinajstić information content (AvgIpc) is 2.74. The smallest absolute Gasteiger partial charge is 0.191 e. The first-order chi connectivity index (χ1) is 8.20. The second-order valence-electron chi connectivity index (χ2n) is 4.14. The number of thioether (sulfide) groups is 2. The molecule has 4 nitrogen and oxygen atoms in total. The van der Waals surface area contributed by atoms with E-state index in [9.17, 15) is 5.11 Å². The summed E-state index contributed by atoms with van der Waals surface area (Å²) in [5.74, 6) is 3.72. The average molecular weight is 405 g/mol. The van der Waals surface area contributed by atoms with Gasteiger partial charge in [-0.1, -0.05) is 0 Å². The van der Waals surface area contributed by atoms with Crippen LogP contribution < -0.4 is 10.6 Å². The number of hydrogen-bond donors (Lipinski definition) is 3. The van der Waals surface area contributed by atoms with Crippen LogP contribution in [-0.4, -0.2) is 59.8 Å². The minimum Gasteiger partial charge on any atom is -0.387 e. The van der Waals surface area contributed by atoms with Crippen molar-refractivity contribution in [1.29, 1.82) is 0 Å². The third kappa shape index (κ3) is 7.30. The van der Waals surface area contributed by atoms with Gasteiger partial charge in [0.2, 0.25) is 0 Å². The number of aliphatic hydroxyl groups is 1. The summed E-state index contributed by atoms with van der Waals surface area (Å²) in [5.41, 5.74) is -0.591. The van der Waals surface area contributed by atoms with Crippen LogP contribution in [-0.2, 0) is 0 Å². The fourth-order valence-corrected chi connectivity index (χ4v) is 3.15. The number of nitrogens with zero attached hydrogens (tertiary/aromatic N) is 1. The molecular weight excluding hydrogens is 381 g/mol. The Morgan fingerprint density at radius 1 is 1.50 bits per heavy atom. The van der Waals surface area contributed by atoms with Crippen molar-refractivity contribution < 1.29 is 5.11 Å². The van der Waals surface area contributed by atoms with Gasteiger partial charge in [0.15, 0.2) is 5.96 Å². The van der Waals surface area contributed by atoms with Crippen LogP contribution in [0.25, 0.3) is 0 Å². The molecule has 1 unspecified atom stereocenters. The van der Waals surface area contributed by atoms with E-state index in [4.69, 9.17) is 0 Å². The Bertz CT molecular complexity index is 248. The molecule has 0 saturated carbocycles. The van der Waals surface area contributed by atoms with Crippen LogP contribution >= 0.6 is 47.5 Å². The van der Waals surface area contributed by atoms with Crippen LogP contribution in [0, 0.1) is 0 Å². The van der Waals surface area contributed by atoms with Crippen molar-refractivity contribution in [2.75, 3.05) is 43.1 Å². The Balaban J connectivity index is 0.00000289. The molecular formula is C11H24IN3OS2. The van der Waals surface area contributed by atoms with Crippen LogP contribution in [0.1, 0.15) is 13.3 Å². The Kier molecular flexibility index (Phi) is 10.8. The lowest BCUT2D eigenvalue weighted by Crippen LogP contribution is -2.40. The highest BCUT2D eigenvalue weighted by Gasteiger charge is 2.31. The third-order valence-electron chi connectivity index (χ3n) is 2.56. The van der Waals surface area contributed by atoms with Gasteiger partial charge < -0.3 is 15.7 Å². The maximum absolute atomic E-state index is 10.2. The summed E-state index contributed by atoms with van der Waals surface area (Å²) < 4.78 is 0. The van der Waals surface area contributed by atoms with E-state index >= 15 is 0 Å². The molecule has 1 atom stereocenters. The van der Waals surface area contributed by atoms with E-state index in [0.717, 1.165) is 42.7 Å². The van der Waals surface area contributed by atoms with Gasteiger partial charge in [-0.2, -0.15) is 23.5 Å². The van der Waals surface area contributed by atoms with Crippen molar-refractivity contribution in [1.82, 2.24) is 10.6 Å². The number of hydrogen-bond acceptors (Lipinski definition) is 4. The van der Waals surface area contributed by atoms with Gasteiger partial charge in [0.05, 0.1) is 12.1 Å². The molecule has 0 spiro atoms. The van der Waals surface area contributed by atoms with Gasteiger partial charge in [0.1, 0.15) is 0 Å². The highest BCUT2D eigenvalue weighted by Crippen LogP contribution is 2.27. The number of aliphatic imine (C=N–C) groups is 1. The van der Waals surface area contributed by atoms with E-state index in [1.54, 1.807) is 23.5 Å². The zero-order chi connectivity index (χ0) is 12.6. The maximum atomic E-state index is 10.2. The monoisotopic (exact) mass is 405 g/mol. The molecule has 0 aromatic rings. The van der Waals surface area contributed by atoms with Crippen molar-refractivity contribution in [2.24, 2.45) is 4.99 Å². The molecule has 3 N–H and O–H groups in total. The van der Waals surface area contributed by atoms with E-state index in [1.807, 2.05) is 6.92 Å². The van der Waals surface area contributed by atoms with Crippen LogP contribution in [0.15, 0.2) is 4.99 Å². The quantitative estimate of drug-likeness (QED) is 0.270. The first-order valence-electron chi connectivity index (χ1n) is 6.01. The van der Waals surface area contributed by atoms with Gasteiger partial charge in [-0.3, -0.25) is 4.99 Å². The van der Waals surface area contributed by atoms with E-state index in [1.165, 1.54) is 0 Å². The van der Waals surface area contributed by atoms with Gasteiger partial charge in [-0.15, -0.1) is 24.0 Å². The van der Waals surface area contributed by atoms with Gasteiger partial charge in [-0.05, 0) is 25.4 Å². The Morgan fingerprint density at radius 2 is 2.28 bits per heavy atom. The van der Waals surface area contributed by atoms with Crippen molar-refractivity contribution in [3.63, 3.8) is 0 Å². The molecule has 1 heterocycles. The Morgan fingerprint density at radius 3 is 2.83 bits per heavy atom. The molecule has 1 fully saturated rings. The highest BCUT2D eigenvalue weighted by atomic mass is 127. The van der Waals surface area contributed by atoms with Crippen LogP contribution in [0.4, 0.5) is 0 Å². The fraction of sp³-hybridized carbons (Fsp3) is 0.909. The van der Waals surface area contributed by atoms with Gasteiger partial charge in [-0.25, -0.2) is 0 Å². The van der Waals surface area contributed by atoms with Crippen LogP contribution in [0.3, 0.4) is 0 Å². The summed E-state index contributed by atoms with van der Waals surface area (Å²) in [7, 11) is 0. The number of guanidine groups is 1. The molecule has 1 rings (SSSR count). The molecule has 18 heavy (non-hydrogen) atoms. The van der Waals surface area contributed by atoms with Crippen LogP contribution in [0.5, 0.6) is 0 Å². The molecule has 1 aliphatic heterocycles. The summed E-state index contributed by atoms with van der Waals surface area (Å²) in [6, 6.07) is 0. The summed E-state index contributed by atoms with van der Waals surface area (Å²) in [4.78, 5) is 4.46. The van der Waals surface area contributed by atoms with Crippen molar-refractivity contribution in [3.05, 3.63) is 0 Å². The first-order valence-corrected chi connectivity index (χ1v) is 8.56. The molecule has 108 valence electrons. The number of nitrogens with one attached hydrogen (secondary N) is 2. The minimum atomic E-state index is -0.591. The van der Waals surface area contributed by atoms with Gasteiger partial charge >= 0.3 is 0 Å². The predicted molar refractivity (Wildman–Crippen MR) is 94.7 cm³/mol. The minimum absolute atomic E-state index is 0. The second-order valence-corrected chi connectivity index (χ2v) is 6.23. The molecule has 0 aromatic heterocycles. The lowest BCUT2D eigenvalue weighted by molar-refractivity contribution is 0.0778. The maximum Gasteiger partial charge on any atom is 0.191 e. The molecule has 0 amide bonds. The van der Waals surface area contributed by atoms with Gasteiger partial charge in [0, 0.05) is 24.6 Å². The van der Waals surface area contributed by atoms with Crippen molar-refractivity contribution >= 4 is 53.5 Å². The molecule has 0 radical (unpaired) electrons. The fourth-order valence-electron chi connectivity index (χ4n) is 1.56.